The highest BCUT2D eigenvalue weighted by atomic mass is 35.5. The number of nitrogens with two attached hydrogens (primary N) is 1. The Balaban J connectivity index is 2.29. The lowest BCUT2D eigenvalue weighted by molar-refractivity contribution is 0.478. The predicted octanol–water partition coefficient (Wildman–Crippen LogP) is 3.18. The van der Waals surface area contributed by atoms with Crippen molar-refractivity contribution in [3.05, 3.63) is 41.6 Å². The van der Waals surface area contributed by atoms with E-state index in [0.717, 1.165) is 10.8 Å². The number of anilines is 1. The molecule has 1 aromatic heterocycles. The summed E-state index contributed by atoms with van der Waals surface area (Å²) in [6.07, 6.45) is 1.64. The number of aromatic nitrogens is 2. The van der Waals surface area contributed by atoms with E-state index in [1.807, 2.05) is 18.2 Å². The average molecular weight is 274 g/mol. The second kappa shape index (κ2) is 4.17. The van der Waals surface area contributed by atoms with E-state index in [9.17, 15) is 5.11 Å². The summed E-state index contributed by atoms with van der Waals surface area (Å²) in [5.41, 5.74) is 7.30. The van der Waals surface area contributed by atoms with Crippen LogP contribution < -0.4 is 5.73 Å². The van der Waals surface area contributed by atoms with Crippen LogP contribution in [0.1, 0.15) is 0 Å². The first kappa shape index (κ1) is 11.9. The monoisotopic (exact) mass is 273 g/mol. The number of aryl methyl sites for hydroxylation is 1. The Kier molecular flexibility index (Phi) is 2.61. The molecule has 0 atom stereocenters. The quantitative estimate of drug-likeness (QED) is 0.716. The van der Waals surface area contributed by atoms with Crippen LogP contribution in [0, 0.1) is 0 Å². The van der Waals surface area contributed by atoms with Crippen LogP contribution in [0.15, 0.2) is 36.5 Å². The molecule has 96 valence electrons. The van der Waals surface area contributed by atoms with Crippen molar-refractivity contribution in [2.45, 2.75) is 0 Å². The fraction of sp³-hybridized carbons (Fsp3) is 0.0714. The molecule has 3 aromatic rings. The van der Waals surface area contributed by atoms with Gasteiger partial charge in [0.2, 0.25) is 0 Å². The van der Waals surface area contributed by atoms with Crippen LogP contribution in [0.2, 0.25) is 5.02 Å². The van der Waals surface area contributed by atoms with Gasteiger partial charge in [0.25, 0.3) is 0 Å². The number of phenols is 1. The molecule has 0 saturated carbocycles. The summed E-state index contributed by atoms with van der Waals surface area (Å²) >= 11 is 5.99. The number of rotatable bonds is 1. The molecule has 0 spiro atoms. The highest BCUT2D eigenvalue weighted by molar-refractivity contribution is 6.31. The second-order valence-electron chi connectivity index (χ2n) is 4.43. The molecular formula is C14H12ClN3O. The van der Waals surface area contributed by atoms with Gasteiger partial charge in [-0.2, -0.15) is 5.10 Å². The highest BCUT2D eigenvalue weighted by Crippen LogP contribution is 2.36. The van der Waals surface area contributed by atoms with Crippen LogP contribution in [0.4, 0.5) is 5.82 Å². The van der Waals surface area contributed by atoms with Crippen LogP contribution in [0.5, 0.6) is 5.75 Å². The number of halogens is 1. The van der Waals surface area contributed by atoms with Gasteiger partial charge in [0.05, 0.1) is 6.20 Å². The van der Waals surface area contributed by atoms with Crippen molar-refractivity contribution in [2.75, 3.05) is 5.73 Å². The summed E-state index contributed by atoms with van der Waals surface area (Å²) in [5.74, 6) is 0.686. The molecule has 3 N–H and O–H groups in total. The third-order valence-corrected chi connectivity index (χ3v) is 3.43. The number of hydrogen-bond acceptors (Lipinski definition) is 3. The van der Waals surface area contributed by atoms with Gasteiger partial charge in [-0.3, -0.25) is 4.68 Å². The van der Waals surface area contributed by atoms with Gasteiger partial charge in [0.15, 0.2) is 0 Å². The smallest absolute Gasteiger partial charge is 0.129 e. The third kappa shape index (κ3) is 1.90. The van der Waals surface area contributed by atoms with Crippen molar-refractivity contribution < 1.29 is 5.11 Å². The number of phenolic OH excluding ortho intramolecular Hbond substituents is 1. The first-order chi connectivity index (χ1) is 9.06. The van der Waals surface area contributed by atoms with Gasteiger partial charge in [-0.15, -0.1) is 0 Å². The van der Waals surface area contributed by atoms with Crippen LogP contribution in [0.25, 0.3) is 21.9 Å². The Morgan fingerprint density at radius 2 is 1.95 bits per heavy atom. The lowest BCUT2D eigenvalue weighted by Crippen LogP contribution is -1.98. The predicted molar refractivity (Wildman–Crippen MR) is 77.2 cm³/mol. The number of hydrogen-bond donors (Lipinski definition) is 2. The lowest BCUT2D eigenvalue weighted by Gasteiger charge is -2.07. The fourth-order valence-corrected chi connectivity index (χ4v) is 2.31. The summed E-state index contributed by atoms with van der Waals surface area (Å²) in [6.45, 7) is 0. The third-order valence-electron chi connectivity index (χ3n) is 3.19. The molecular weight excluding hydrogens is 262 g/mol. The molecule has 19 heavy (non-hydrogen) atoms. The molecule has 0 fully saturated rings. The molecule has 3 rings (SSSR count). The van der Waals surface area contributed by atoms with E-state index >= 15 is 0 Å². The summed E-state index contributed by atoms with van der Waals surface area (Å²) < 4.78 is 1.57. The average Bonchev–Trinajstić information content (AvgIpc) is 2.70. The topological polar surface area (TPSA) is 64.1 Å². The van der Waals surface area contributed by atoms with E-state index in [1.165, 1.54) is 0 Å². The van der Waals surface area contributed by atoms with Crippen LogP contribution in [-0.4, -0.2) is 14.9 Å². The molecule has 4 nitrogen and oxygen atoms in total. The number of aromatic hydroxyl groups is 1. The Morgan fingerprint density at radius 3 is 2.63 bits per heavy atom. The van der Waals surface area contributed by atoms with Crippen molar-refractivity contribution in [2.24, 2.45) is 7.05 Å². The molecule has 0 radical (unpaired) electrons. The SMILES string of the molecule is Cn1ncc(-c2cc3cc(Cl)ccc3cc2O)c1N. The zero-order valence-electron chi connectivity index (χ0n) is 10.3. The maximum Gasteiger partial charge on any atom is 0.129 e. The van der Waals surface area contributed by atoms with Gasteiger partial charge in [0.1, 0.15) is 11.6 Å². The second-order valence-corrected chi connectivity index (χ2v) is 4.86. The molecule has 0 aliphatic heterocycles. The molecule has 0 bridgehead atoms. The normalized spacial score (nSPS) is 11.1. The van der Waals surface area contributed by atoms with E-state index in [1.54, 1.807) is 30.1 Å². The van der Waals surface area contributed by atoms with E-state index in [2.05, 4.69) is 5.10 Å². The first-order valence-electron chi connectivity index (χ1n) is 5.76. The van der Waals surface area contributed by atoms with Crippen molar-refractivity contribution in [3.8, 4) is 16.9 Å². The maximum atomic E-state index is 10.1. The zero-order chi connectivity index (χ0) is 13.6. The van der Waals surface area contributed by atoms with Gasteiger partial charge >= 0.3 is 0 Å². The van der Waals surface area contributed by atoms with Crippen molar-refractivity contribution >= 4 is 28.2 Å². The van der Waals surface area contributed by atoms with Crippen molar-refractivity contribution in [1.82, 2.24) is 9.78 Å². The number of fused-ring (bicyclic) bond motifs is 1. The van der Waals surface area contributed by atoms with Crippen LogP contribution in [-0.2, 0) is 7.05 Å². The van der Waals surface area contributed by atoms with Gasteiger partial charge in [-0.25, -0.2) is 0 Å². The Labute approximate surface area is 115 Å². The fourth-order valence-electron chi connectivity index (χ4n) is 2.13. The van der Waals surface area contributed by atoms with Crippen molar-refractivity contribution in [1.29, 1.82) is 0 Å². The minimum Gasteiger partial charge on any atom is -0.507 e. The minimum absolute atomic E-state index is 0.175. The molecule has 0 aliphatic rings. The van der Waals surface area contributed by atoms with Crippen molar-refractivity contribution in [3.63, 3.8) is 0 Å². The summed E-state index contributed by atoms with van der Waals surface area (Å²) in [5, 5.41) is 16.8. The Hall–Kier alpha value is -2.20. The molecule has 0 unspecified atom stereocenters. The molecule has 1 heterocycles. The first-order valence-corrected chi connectivity index (χ1v) is 6.14. The zero-order valence-corrected chi connectivity index (χ0v) is 11.0. The van der Waals surface area contributed by atoms with Gasteiger partial charge < -0.3 is 10.8 Å². The van der Waals surface area contributed by atoms with E-state index in [-0.39, 0.29) is 5.75 Å². The molecule has 0 saturated heterocycles. The standard InChI is InChI=1S/C14H12ClN3O/c1-18-14(16)12(7-17-18)11-5-9-4-10(15)3-2-8(9)6-13(11)19/h2-7,19H,16H2,1H3. The molecule has 0 aliphatic carbocycles. The minimum atomic E-state index is 0.175. The number of nitrogen functional groups attached to an aromatic ring is 1. The lowest BCUT2D eigenvalue weighted by atomic mass is 10.0. The summed E-state index contributed by atoms with van der Waals surface area (Å²) in [4.78, 5) is 0. The van der Waals surface area contributed by atoms with E-state index in [4.69, 9.17) is 17.3 Å². The summed E-state index contributed by atoms with van der Waals surface area (Å²) in [7, 11) is 1.76. The molecule has 0 amide bonds. The van der Waals surface area contributed by atoms with Crippen LogP contribution in [0.3, 0.4) is 0 Å². The van der Waals surface area contributed by atoms with E-state index < -0.39 is 0 Å². The maximum absolute atomic E-state index is 10.1. The molecule has 5 heteroatoms. The van der Waals surface area contributed by atoms with Gasteiger partial charge in [-0.1, -0.05) is 17.7 Å². The molecule has 2 aromatic carbocycles. The number of nitrogens with zero attached hydrogens (tertiary/aromatic N) is 2. The van der Waals surface area contributed by atoms with Gasteiger partial charge in [0, 0.05) is 23.2 Å². The number of benzene rings is 2. The summed E-state index contributed by atoms with van der Waals surface area (Å²) in [6, 6.07) is 9.08. The largest absolute Gasteiger partial charge is 0.507 e. The van der Waals surface area contributed by atoms with Gasteiger partial charge in [-0.05, 0) is 35.0 Å². The van der Waals surface area contributed by atoms with E-state index in [0.29, 0.717) is 22.0 Å². The highest BCUT2D eigenvalue weighted by Gasteiger charge is 2.12. The Morgan fingerprint density at radius 1 is 1.16 bits per heavy atom. The Bertz CT molecular complexity index is 780. The van der Waals surface area contributed by atoms with Crippen LogP contribution >= 0.6 is 11.6 Å².